The van der Waals surface area contributed by atoms with Crippen molar-refractivity contribution in [1.82, 2.24) is 0 Å². The van der Waals surface area contributed by atoms with Crippen LogP contribution in [0.15, 0.2) is 18.2 Å². The summed E-state index contributed by atoms with van der Waals surface area (Å²) in [7, 11) is 0. The van der Waals surface area contributed by atoms with E-state index in [0.29, 0.717) is 0 Å². The van der Waals surface area contributed by atoms with Crippen LogP contribution in [0.5, 0.6) is 0 Å². The zero-order chi connectivity index (χ0) is 12.7. The number of hydrogen-bond donors (Lipinski definition) is 2. The molecular weight excluding hydrogens is 323 g/mol. The van der Waals surface area contributed by atoms with Crippen LogP contribution in [0.4, 0.5) is 11.4 Å². The number of halogens is 1. The molecule has 1 aromatic rings. The van der Waals surface area contributed by atoms with Crippen LogP contribution in [0.2, 0.25) is 0 Å². The number of benzene rings is 1. The Balaban J connectivity index is 2.47. The predicted molar refractivity (Wildman–Crippen MR) is 85.4 cm³/mol. The van der Waals surface area contributed by atoms with Gasteiger partial charge in [-0.2, -0.15) is 0 Å². The quantitative estimate of drug-likeness (QED) is 0.563. The fourth-order valence-corrected chi connectivity index (χ4v) is 2.41. The maximum Gasteiger partial charge on any atom is 0.0574 e. The Morgan fingerprint density at radius 2 is 2.12 bits per heavy atom. The topological polar surface area (TPSA) is 38.0 Å². The smallest absolute Gasteiger partial charge is 0.0574 e. The highest BCUT2D eigenvalue weighted by Gasteiger charge is 2.06. The summed E-state index contributed by atoms with van der Waals surface area (Å²) >= 11 is 2.28. The van der Waals surface area contributed by atoms with Gasteiger partial charge in [-0.1, -0.05) is 33.1 Å². The molecule has 3 N–H and O–H groups in total. The molecule has 3 heteroatoms. The minimum atomic E-state index is 0.758. The molecule has 0 aliphatic rings. The van der Waals surface area contributed by atoms with Gasteiger partial charge in [-0.15, -0.1) is 0 Å². The van der Waals surface area contributed by atoms with Crippen LogP contribution >= 0.6 is 22.6 Å². The molecule has 0 fully saturated rings. The van der Waals surface area contributed by atoms with Gasteiger partial charge in [0, 0.05) is 10.1 Å². The van der Waals surface area contributed by atoms with Crippen LogP contribution in [-0.4, -0.2) is 6.54 Å². The normalized spacial score (nSPS) is 12.4. The van der Waals surface area contributed by atoms with E-state index in [1.807, 2.05) is 6.07 Å². The summed E-state index contributed by atoms with van der Waals surface area (Å²) in [5, 5.41) is 3.47. The van der Waals surface area contributed by atoms with Crippen LogP contribution in [0.1, 0.15) is 39.5 Å². The lowest BCUT2D eigenvalue weighted by molar-refractivity contribution is 0.473. The van der Waals surface area contributed by atoms with Crippen molar-refractivity contribution in [2.75, 3.05) is 17.6 Å². The molecule has 0 aliphatic heterocycles. The molecular formula is C14H23IN2. The maximum absolute atomic E-state index is 5.98. The molecule has 1 aromatic carbocycles. The van der Waals surface area contributed by atoms with Crippen molar-refractivity contribution in [1.29, 1.82) is 0 Å². The molecule has 0 aromatic heterocycles. The first-order chi connectivity index (χ1) is 8.17. The van der Waals surface area contributed by atoms with E-state index < -0.39 is 0 Å². The fraction of sp³-hybridized carbons (Fsp3) is 0.571. The van der Waals surface area contributed by atoms with E-state index in [0.717, 1.165) is 23.8 Å². The van der Waals surface area contributed by atoms with Crippen LogP contribution in [0.25, 0.3) is 0 Å². The number of nitrogens with one attached hydrogen (secondary N) is 1. The molecule has 0 spiro atoms. The number of nitrogens with two attached hydrogens (primary N) is 1. The molecule has 0 radical (unpaired) electrons. The molecule has 0 saturated carbocycles. The summed E-state index contributed by atoms with van der Waals surface area (Å²) < 4.78 is 1.18. The van der Waals surface area contributed by atoms with Gasteiger partial charge in [0.1, 0.15) is 0 Å². The van der Waals surface area contributed by atoms with Crippen molar-refractivity contribution in [3.63, 3.8) is 0 Å². The molecule has 0 saturated heterocycles. The highest BCUT2D eigenvalue weighted by Crippen LogP contribution is 2.22. The van der Waals surface area contributed by atoms with E-state index in [9.17, 15) is 0 Å². The van der Waals surface area contributed by atoms with E-state index in [1.54, 1.807) is 0 Å². The number of nitrogen functional groups attached to an aromatic ring is 1. The first-order valence-electron chi connectivity index (χ1n) is 6.46. The molecule has 2 nitrogen and oxygen atoms in total. The predicted octanol–water partition coefficient (Wildman–Crippen LogP) is 4.50. The van der Waals surface area contributed by atoms with E-state index in [1.165, 1.54) is 29.3 Å². The standard InChI is InChI=1S/C14H23IN2/c1-3-5-6-11(4-2)10-17-14-8-7-12(15)9-13(14)16/h7-9,11,17H,3-6,10,16H2,1-2H3. The summed E-state index contributed by atoms with van der Waals surface area (Å²) in [6, 6.07) is 6.17. The average molecular weight is 346 g/mol. The summed E-state index contributed by atoms with van der Waals surface area (Å²) in [6.45, 7) is 5.54. The first-order valence-corrected chi connectivity index (χ1v) is 7.54. The summed E-state index contributed by atoms with van der Waals surface area (Å²) in [5.41, 5.74) is 7.90. The van der Waals surface area contributed by atoms with E-state index >= 15 is 0 Å². The lowest BCUT2D eigenvalue weighted by atomic mass is 9.99. The molecule has 0 amide bonds. The number of unbranched alkanes of at least 4 members (excludes halogenated alkanes) is 1. The Bertz CT molecular complexity index is 339. The van der Waals surface area contributed by atoms with Gasteiger partial charge in [0.15, 0.2) is 0 Å². The molecule has 0 bridgehead atoms. The van der Waals surface area contributed by atoms with Crippen LogP contribution in [0, 0.1) is 9.49 Å². The second kappa shape index (κ2) is 7.80. The average Bonchev–Trinajstić information content (AvgIpc) is 2.31. The summed E-state index contributed by atoms with van der Waals surface area (Å²) in [6.07, 6.45) is 5.14. The monoisotopic (exact) mass is 346 g/mol. The van der Waals surface area contributed by atoms with Gasteiger partial charge in [0.25, 0.3) is 0 Å². The Kier molecular flexibility index (Phi) is 6.70. The first kappa shape index (κ1) is 14.6. The summed E-state index contributed by atoms with van der Waals surface area (Å²) in [5.74, 6) is 0.758. The second-order valence-electron chi connectivity index (χ2n) is 4.53. The highest BCUT2D eigenvalue weighted by molar-refractivity contribution is 14.1. The minimum Gasteiger partial charge on any atom is -0.397 e. The van der Waals surface area contributed by atoms with E-state index in [4.69, 9.17) is 5.73 Å². The molecule has 0 aliphatic carbocycles. The Labute approximate surface area is 119 Å². The van der Waals surface area contributed by atoms with Crippen molar-refractivity contribution in [3.05, 3.63) is 21.8 Å². The second-order valence-corrected chi connectivity index (χ2v) is 5.77. The third kappa shape index (κ3) is 5.15. The van der Waals surface area contributed by atoms with Crippen molar-refractivity contribution >= 4 is 34.0 Å². The van der Waals surface area contributed by atoms with Crippen LogP contribution in [0.3, 0.4) is 0 Å². The third-order valence-corrected chi connectivity index (χ3v) is 3.81. The highest BCUT2D eigenvalue weighted by atomic mass is 127. The largest absolute Gasteiger partial charge is 0.397 e. The zero-order valence-corrected chi connectivity index (χ0v) is 13.0. The van der Waals surface area contributed by atoms with Crippen LogP contribution < -0.4 is 11.1 Å². The van der Waals surface area contributed by atoms with Crippen molar-refractivity contribution in [3.8, 4) is 0 Å². The minimum absolute atomic E-state index is 0.758. The van der Waals surface area contributed by atoms with Gasteiger partial charge < -0.3 is 11.1 Å². The van der Waals surface area contributed by atoms with Gasteiger partial charge in [-0.3, -0.25) is 0 Å². The van der Waals surface area contributed by atoms with E-state index in [2.05, 4.69) is 53.9 Å². The Morgan fingerprint density at radius 1 is 1.35 bits per heavy atom. The SMILES string of the molecule is CCCCC(CC)CNc1ccc(I)cc1N. The molecule has 0 heterocycles. The molecule has 1 atom stereocenters. The van der Waals surface area contributed by atoms with Gasteiger partial charge in [-0.05, 0) is 53.1 Å². The van der Waals surface area contributed by atoms with Crippen molar-refractivity contribution in [2.45, 2.75) is 39.5 Å². The lowest BCUT2D eigenvalue weighted by Crippen LogP contribution is -2.14. The number of hydrogen-bond acceptors (Lipinski definition) is 2. The fourth-order valence-electron chi connectivity index (χ4n) is 1.89. The van der Waals surface area contributed by atoms with Gasteiger partial charge >= 0.3 is 0 Å². The van der Waals surface area contributed by atoms with Crippen molar-refractivity contribution in [2.24, 2.45) is 5.92 Å². The number of rotatable bonds is 7. The van der Waals surface area contributed by atoms with Crippen molar-refractivity contribution < 1.29 is 0 Å². The summed E-state index contributed by atoms with van der Waals surface area (Å²) in [4.78, 5) is 0. The zero-order valence-electron chi connectivity index (χ0n) is 10.8. The molecule has 17 heavy (non-hydrogen) atoms. The third-order valence-electron chi connectivity index (χ3n) is 3.14. The lowest BCUT2D eigenvalue weighted by Gasteiger charge is -2.17. The maximum atomic E-state index is 5.98. The molecule has 1 rings (SSSR count). The molecule has 1 unspecified atom stereocenters. The van der Waals surface area contributed by atoms with Gasteiger partial charge in [-0.25, -0.2) is 0 Å². The van der Waals surface area contributed by atoms with Crippen LogP contribution in [-0.2, 0) is 0 Å². The number of anilines is 2. The molecule has 96 valence electrons. The Hall–Kier alpha value is -0.450. The van der Waals surface area contributed by atoms with Gasteiger partial charge in [0.05, 0.1) is 11.4 Å². The van der Waals surface area contributed by atoms with Gasteiger partial charge in [0.2, 0.25) is 0 Å². The van der Waals surface area contributed by atoms with E-state index in [-0.39, 0.29) is 0 Å². The Morgan fingerprint density at radius 3 is 2.71 bits per heavy atom.